The van der Waals surface area contributed by atoms with E-state index in [9.17, 15) is 0 Å². The van der Waals surface area contributed by atoms with Crippen molar-refractivity contribution in [3.05, 3.63) is 11.3 Å². The maximum Gasteiger partial charge on any atom is 0.216 e. The molecule has 1 saturated heterocycles. The van der Waals surface area contributed by atoms with E-state index in [0.29, 0.717) is 6.04 Å². The van der Waals surface area contributed by atoms with Crippen molar-refractivity contribution in [2.75, 3.05) is 13.7 Å². The first-order valence-corrected chi connectivity index (χ1v) is 5.05. The number of aromatic nitrogens is 2. The Morgan fingerprint density at radius 2 is 2.36 bits per heavy atom. The second-order valence-electron chi connectivity index (χ2n) is 3.78. The molecule has 4 heteroatoms. The van der Waals surface area contributed by atoms with Crippen LogP contribution in [0.2, 0.25) is 0 Å². The second-order valence-corrected chi connectivity index (χ2v) is 3.78. The van der Waals surface area contributed by atoms with Crippen LogP contribution in [0.5, 0.6) is 5.88 Å². The number of hydrogen-bond acceptors (Lipinski definition) is 3. The van der Waals surface area contributed by atoms with Crippen molar-refractivity contribution < 1.29 is 4.74 Å². The molecule has 1 aliphatic rings. The molecule has 0 bridgehead atoms. The third-order valence-electron chi connectivity index (χ3n) is 2.82. The van der Waals surface area contributed by atoms with E-state index in [1.165, 1.54) is 18.4 Å². The molecule has 2 heterocycles. The molecule has 14 heavy (non-hydrogen) atoms. The van der Waals surface area contributed by atoms with E-state index in [0.717, 1.165) is 18.1 Å². The average molecular weight is 195 g/mol. The quantitative estimate of drug-likeness (QED) is 0.769. The van der Waals surface area contributed by atoms with E-state index < -0.39 is 0 Å². The lowest BCUT2D eigenvalue weighted by atomic mass is 10.1. The van der Waals surface area contributed by atoms with Crippen molar-refractivity contribution in [3.8, 4) is 5.88 Å². The van der Waals surface area contributed by atoms with Crippen LogP contribution in [0.25, 0.3) is 0 Å². The summed E-state index contributed by atoms with van der Waals surface area (Å²) >= 11 is 0. The van der Waals surface area contributed by atoms with Crippen molar-refractivity contribution in [2.24, 2.45) is 7.05 Å². The number of aryl methyl sites for hydroxylation is 2. The van der Waals surface area contributed by atoms with Gasteiger partial charge in [0.25, 0.3) is 0 Å². The first-order chi connectivity index (χ1) is 6.74. The molecule has 0 radical (unpaired) electrons. The number of methoxy groups -OCH3 is 1. The van der Waals surface area contributed by atoms with Gasteiger partial charge in [0.05, 0.1) is 18.4 Å². The Bertz CT molecular complexity index is 326. The molecule has 1 aliphatic heterocycles. The molecule has 0 amide bonds. The van der Waals surface area contributed by atoms with E-state index in [1.54, 1.807) is 7.11 Å². The molecule has 78 valence electrons. The normalized spacial score (nSPS) is 21.5. The summed E-state index contributed by atoms with van der Waals surface area (Å²) in [5, 5.41) is 7.85. The SMILES string of the molecule is COc1c(C2CCCN2)c(C)nn1C. The summed E-state index contributed by atoms with van der Waals surface area (Å²) in [4.78, 5) is 0. The second kappa shape index (κ2) is 3.61. The molecular formula is C10H17N3O. The molecule has 1 aromatic heterocycles. The minimum atomic E-state index is 0.429. The molecule has 0 aromatic carbocycles. The third kappa shape index (κ3) is 1.39. The standard InChI is InChI=1S/C10H17N3O/c1-7-9(8-5-4-6-11-8)10(14-3)13(2)12-7/h8,11H,4-6H2,1-3H3. The fourth-order valence-corrected chi connectivity index (χ4v) is 2.23. The van der Waals surface area contributed by atoms with Crippen molar-refractivity contribution in [2.45, 2.75) is 25.8 Å². The van der Waals surface area contributed by atoms with Crippen LogP contribution in [0, 0.1) is 6.92 Å². The lowest BCUT2D eigenvalue weighted by Gasteiger charge is -2.11. The maximum absolute atomic E-state index is 5.37. The fraction of sp³-hybridized carbons (Fsp3) is 0.700. The van der Waals surface area contributed by atoms with Crippen LogP contribution in [-0.4, -0.2) is 23.4 Å². The molecule has 1 fully saturated rings. The maximum atomic E-state index is 5.37. The van der Waals surface area contributed by atoms with Crippen LogP contribution in [0.4, 0.5) is 0 Å². The van der Waals surface area contributed by atoms with Gasteiger partial charge in [-0.3, -0.25) is 0 Å². The molecule has 1 N–H and O–H groups in total. The molecule has 4 nitrogen and oxygen atoms in total. The van der Waals surface area contributed by atoms with Crippen molar-refractivity contribution in [1.82, 2.24) is 15.1 Å². The van der Waals surface area contributed by atoms with Crippen LogP contribution in [-0.2, 0) is 7.05 Å². The predicted molar refractivity (Wildman–Crippen MR) is 54.5 cm³/mol. The van der Waals surface area contributed by atoms with Gasteiger partial charge in [-0.25, -0.2) is 4.68 Å². The highest BCUT2D eigenvalue weighted by molar-refractivity contribution is 5.34. The summed E-state index contributed by atoms with van der Waals surface area (Å²) in [5.74, 6) is 0.891. The van der Waals surface area contributed by atoms with Gasteiger partial charge in [0.2, 0.25) is 5.88 Å². The third-order valence-corrected chi connectivity index (χ3v) is 2.82. The highest BCUT2D eigenvalue weighted by Crippen LogP contribution is 2.32. The predicted octanol–water partition coefficient (Wildman–Crippen LogP) is 1.16. The van der Waals surface area contributed by atoms with E-state index in [1.807, 2.05) is 18.7 Å². The molecule has 0 aliphatic carbocycles. The molecular weight excluding hydrogens is 178 g/mol. The summed E-state index contributed by atoms with van der Waals surface area (Å²) in [6.07, 6.45) is 2.42. The van der Waals surface area contributed by atoms with Crippen LogP contribution in [0.1, 0.15) is 30.1 Å². The largest absolute Gasteiger partial charge is 0.481 e. The summed E-state index contributed by atoms with van der Waals surface area (Å²) in [5.41, 5.74) is 2.30. The van der Waals surface area contributed by atoms with Gasteiger partial charge in [0.1, 0.15) is 0 Å². The molecule has 1 aromatic rings. The van der Waals surface area contributed by atoms with Gasteiger partial charge in [0.15, 0.2) is 0 Å². The van der Waals surface area contributed by atoms with Gasteiger partial charge in [-0.2, -0.15) is 5.10 Å². The molecule has 0 spiro atoms. The van der Waals surface area contributed by atoms with Gasteiger partial charge in [-0.1, -0.05) is 0 Å². The Kier molecular flexibility index (Phi) is 2.46. The van der Waals surface area contributed by atoms with Gasteiger partial charge < -0.3 is 10.1 Å². The van der Waals surface area contributed by atoms with Crippen molar-refractivity contribution in [3.63, 3.8) is 0 Å². The molecule has 1 atom stereocenters. The Morgan fingerprint density at radius 1 is 1.57 bits per heavy atom. The first-order valence-electron chi connectivity index (χ1n) is 5.05. The van der Waals surface area contributed by atoms with E-state index in [2.05, 4.69) is 10.4 Å². The summed E-state index contributed by atoms with van der Waals surface area (Å²) in [6.45, 7) is 3.14. The molecule has 1 unspecified atom stereocenters. The van der Waals surface area contributed by atoms with Gasteiger partial charge in [-0.15, -0.1) is 0 Å². The monoisotopic (exact) mass is 195 g/mol. The smallest absolute Gasteiger partial charge is 0.216 e. The fourth-order valence-electron chi connectivity index (χ4n) is 2.23. The summed E-state index contributed by atoms with van der Waals surface area (Å²) in [6, 6.07) is 0.429. The van der Waals surface area contributed by atoms with Crippen molar-refractivity contribution >= 4 is 0 Å². The lowest BCUT2D eigenvalue weighted by Crippen LogP contribution is -2.14. The minimum absolute atomic E-state index is 0.429. The molecule has 0 saturated carbocycles. The number of ether oxygens (including phenoxy) is 1. The number of nitrogens with zero attached hydrogens (tertiary/aromatic N) is 2. The highest BCUT2D eigenvalue weighted by atomic mass is 16.5. The summed E-state index contributed by atoms with van der Waals surface area (Å²) in [7, 11) is 3.62. The Hall–Kier alpha value is -1.03. The Labute approximate surface area is 84.3 Å². The van der Waals surface area contributed by atoms with Gasteiger partial charge >= 0.3 is 0 Å². The van der Waals surface area contributed by atoms with E-state index >= 15 is 0 Å². The zero-order chi connectivity index (χ0) is 10.1. The van der Waals surface area contributed by atoms with Crippen molar-refractivity contribution in [1.29, 1.82) is 0 Å². The number of hydrogen-bond donors (Lipinski definition) is 1. The van der Waals surface area contributed by atoms with Crippen LogP contribution < -0.4 is 10.1 Å². The summed E-state index contributed by atoms with van der Waals surface area (Å²) < 4.78 is 7.18. The minimum Gasteiger partial charge on any atom is -0.481 e. The zero-order valence-corrected chi connectivity index (χ0v) is 9.00. The van der Waals surface area contributed by atoms with Gasteiger partial charge in [-0.05, 0) is 26.3 Å². The van der Waals surface area contributed by atoms with Crippen LogP contribution in [0.15, 0.2) is 0 Å². The number of rotatable bonds is 2. The average Bonchev–Trinajstić information content (AvgIpc) is 2.72. The first kappa shape index (κ1) is 9.52. The topological polar surface area (TPSA) is 39.1 Å². The Morgan fingerprint density at radius 3 is 2.93 bits per heavy atom. The number of nitrogens with one attached hydrogen (secondary N) is 1. The van der Waals surface area contributed by atoms with E-state index in [-0.39, 0.29) is 0 Å². The highest BCUT2D eigenvalue weighted by Gasteiger charge is 2.25. The van der Waals surface area contributed by atoms with Crippen LogP contribution in [0.3, 0.4) is 0 Å². The molecule has 2 rings (SSSR count). The lowest BCUT2D eigenvalue weighted by molar-refractivity contribution is 0.365. The van der Waals surface area contributed by atoms with Gasteiger partial charge in [0, 0.05) is 13.1 Å². The zero-order valence-electron chi connectivity index (χ0n) is 9.00. The van der Waals surface area contributed by atoms with Crippen LogP contribution >= 0.6 is 0 Å². The van der Waals surface area contributed by atoms with E-state index in [4.69, 9.17) is 4.74 Å². The Balaban J connectivity index is 2.38.